The molecule has 0 saturated heterocycles. The van der Waals surface area contributed by atoms with Gasteiger partial charge in [-0.25, -0.2) is 8.42 Å². The number of carboxylic acid groups (broad SMARTS) is 1. The van der Waals surface area contributed by atoms with Gasteiger partial charge < -0.3 is 5.11 Å². The fourth-order valence-electron chi connectivity index (χ4n) is 2.74. The number of carboxylic acids is 1. The lowest BCUT2D eigenvalue weighted by molar-refractivity contribution is -0.136. The summed E-state index contributed by atoms with van der Waals surface area (Å²) in [5, 5.41) is 8.48. The van der Waals surface area contributed by atoms with Crippen molar-refractivity contribution in [2.24, 2.45) is 0 Å². The predicted octanol–water partition coefficient (Wildman–Crippen LogP) is 2.63. The first-order valence-electron chi connectivity index (χ1n) is 7.30. The first kappa shape index (κ1) is 15.8. The lowest BCUT2D eigenvalue weighted by atomic mass is 10.0. The zero-order chi connectivity index (χ0) is 15.3. The average molecular weight is 311 g/mol. The number of aliphatic carboxylic acids is 1. The summed E-state index contributed by atoms with van der Waals surface area (Å²) in [5.74, 6) is -0.991. The summed E-state index contributed by atoms with van der Waals surface area (Å²) in [6, 6.07) is 8.76. The van der Waals surface area contributed by atoms with Gasteiger partial charge >= 0.3 is 5.97 Å². The number of benzene rings is 1. The van der Waals surface area contributed by atoms with Gasteiger partial charge in [-0.15, -0.1) is 0 Å². The minimum Gasteiger partial charge on any atom is -0.481 e. The van der Waals surface area contributed by atoms with Gasteiger partial charge in [0.15, 0.2) is 0 Å². The Morgan fingerprint density at radius 3 is 2.33 bits per heavy atom. The second kappa shape index (κ2) is 6.93. The molecule has 2 rings (SSSR count). The van der Waals surface area contributed by atoms with Crippen molar-refractivity contribution in [3.8, 4) is 0 Å². The molecule has 1 saturated carbocycles. The van der Waals surface area contributed by atoms with Crippen LogP contribution < -0.4 is 4.31 Å². The number of para-hydroxylation sites is 1. The summed E-state index contributed by atoms with van der Waals surface area (Å²) >= 11 is 0. The van der Waals surface area contributed by atoms with E-state index in [2.05, 4.69) is 0 Å². The molecule has 0 amide bonds. The van der Waals surface area contributed by atoms with Crippen molar-refractivity contribution in [2.45, 2.75) is 43.8 Å². The van der Waals surface area contributed by atoms with E-state index in [1.54, 1.807) is 24.3 Å². The van der Waals surface area contributed by atoms with Crippen LogP contribution in [-0.4, -0.2) is 31.3 Å². The van der Waals surface area contributed by atoms with Crippen molar-refractivity contribution in [1.29, 1.82) is 0 Å². The third-order valence-electron chi connectivity index (χ3n) is 3.85. The quantitative estimate of drug-likeness (QED) is 0.876. The molecular weight excluding hydrogens is 290 g/mol. The summed E-state index contributed by atoms with van der Waals surface area (Å²) in [6.45, 7) is -0.0157. The van der Waals surface area contributed by atoms with E-state index >= 15 is 0 Å². The highest BCUT2D eigenvalue weighted by molar-refractivity contribution is 7.93. The number of carbonyl (C=O) groups is 1. The summed E-state index contributed by atoms with van der Waals surface area (Å²) < 4.78 is 26.9. The van der Waals surface area contributed by atoms with Crippen LogP contribution >= 0.6 is 0 Å². The largest absolute Gasteiger partial charge is 0.481 e. The maximum Gasteiger partial charge on any atom is 0.305 e. The smallest absolute Gasteiger partial charge is 0.305 e. The molecule has 1 fully saturated rings. The Morgan fingerprint density at radius 1 is 1.14 bits per heavy atom. The third-order valence-corrected chi connectivity index (χ3v) is 6.18. The number of sulfonamides is 1. The molecule has 1 aromatic rings. The molecule has 0 bridgehead atoms. The Kier molecular flexibility index (Phi) is 5.22. The molecule has 116 valence electrons. The van der Waals surface area contributed by atoms with Gasteiger partial charge in [0, 0.05) is 6.54 Å². The standard InChI is InChI=1S/C15H21NO4S/c17-15(18)11-12-16(13-7-3-1-4-8-13)21(19,20)14-9-5-2-6-10-14/h1,3-4,7-8,14H,2,5-6,9-12H2,(H,17,18). The predicted molar refractivity (Wildman–Crippen MR) is 81.8 cm³/mol. The van der Waals surface area contributed by atoms with Gasteiger partial charge in [-0.1, -0.05) is 37.5 Å². The van der Waals surface area contributed by atoms with Crippen molar-refractivity contribution >= 4 is 21.7 Å². The maximum absolute atomic E-state index is 12.8. The highest BCUT2D eigenvalue weighted by Crippen LogP contribution is 2.29. The summed E-state index contributed by atoms with van der Waals surface area (Å²) in [4.78, 5) is 10.8. The zero-order valence-electron chi connectivity index (χ0n) is 11.9. The van der Waals surface area contributed by atoms with Gasteiger partial charge in [0.1, 0.15) is 0 Å². The van der Waals surface area contributed by atoms with E-state index in [4.69, 9.17) is 5.11 Å². The molecule has 1 aromatic carbocycles. The van der Waals surface area contributed by atoms with E-state index in [1.807, 2.05) is 6.07 Å². The second-order valence-corrected chi connectivity index (χ2v) is 7.49. The van der Waals surface area contributed by atoms with Crippen LogP contribution in [0.3, 0.4) is 0 Å². The molecule has 0 unspecified atom stereocenters. The third kappa shape index (κ3) is 3.97. The highest BCUT2D eigenvalue weighted by atomic mass is 32.2. The van der Waals surface area contributed by atoms with Crippen LogP contribution in [0.4, 0.5) is 5.69 Å². The van der Waals surface area contributed by atoms with Gasteiger partial charge in [-0.3, -0.25) is 9.10 Å². The molecule has 1 aliphatic carbocycles. The molecule has 5 nitrogen and oxygen atoms in total. The Labute approximate surface area is 125 Å². The molecule has 0 spiro atoms. The Morgan fingerprint density at radius 2 is 1.76 bits per heavy atom. The van der Waals surface area contributed by atoms with Gasteiger partial charge in [-0.2, -0.15) is 0 Å². The van der Waals surface area contributed by atoms with E-state index in [1.165, 1.54) is 4.31 Å². The lowest BCUT2D eigenvalue weighted by Crippen LogP contribution is -2.41. The van der Waals surface area contributed by atoms with Crippen molar-refractivity contribution in [3.05, 3.63) is 30.3 Å². The SMILES string of the molecule is O=C(O)CCN(c1ccccc1)S(=O)(=O)C1CCCCC1. The average Bonchev–Trinajstić information content (AvgIpc) is 2.49. The second-order valence-electron chi connectivity index (χ2n) is 5.36. The first-order valence-corrected chi connectivity index (χ1v) is 8.80. The Balaban J connectivity index is 2.27. The number of hydrogen-bond acceptors (Lipinski definition) is 3. The number of rotatable bonds is 6. The van der Waals surface area contributed by atoms with E-state index in [-0.39, 0.29) is 18.2 Å². The van der Waals surface area contributed by atoms with Gasteiger partial charge in [-0.05, 0) is 25.0 Å². The minimum absolute atomic E-state index is 0.0157. The zero-order valence-corrected chi connectivity index (χ0v) is 12.8. The van der Waals surface area contributed by atoms with E-state index in [0.29, 0.717) is 18.5 Å². The molecular formula is C15H21NO4S. The number of nitrogens with zero attached hydrogens (tertiary/aromatic N) is 1. The summed E-state index contributed by atoms with van der Waals surface area (Å²) in [7, 11) is -3.50. The van der Waals surface area contributed by atoms with Crippen LogP contribution in [0, 0.1) is 0 Å². The summed E-state index contributed by atoms with van der Waals surface area (Å²) in [5.41, 5.74) is 0.546. The number of hydrogen-bond donors (Lipinski definition) is 1. The highest BCUT2D eigenvalue weighted by Gasteiger charge is 2.33. The molecule has 1 N–H and O–H groups in total. The van der Waals surface area contributed by atoms with E-state index in [9.17, 15) is 13.2 Å². The minimum atomic E-state index is -3.50. The Bertz CT molecular complexity index is 565. The maximum atomic E-state index is 12.8. The lowest BCUT2D eigenvalue weighted by Gasteiger charge is -2.30. The van der Waals surface area contributed by atoms with Crippen LogP contribution in [0.2, 0.25) is 0 Å². The fourth-order valence-corrected chi connectivity index (χ4v) is 4.79. The molecule has 0 radical (unpaired) electrons. The Hall–Kier alpha value is -1.56. The van der Waals surface area contributed by atoms with Crippen LogP contribution in [0.1, 0.15) is 38.5 Å². The van der Waals surface area contributed by atoms with Gasteiger partial charge in [0.05, 0.1) is 17.4 Å². The van der Waals surface area contributed by atoms with Gasteiger partial charge in [0.25, 0.3) is 0 Å². The molecule has 6 heteroatoms. The monoisotopic (exact) mass is 311 g/mol. The van der Waals surface area contributed by atoms with Crippen LogP contribution in [0.25, 0.3) is 0 Å². The molecule has 0 aliphatic heterocycles. The van der Waals surface area contributed by atoms with Crippen LogP contribution in [0.15, 0.2) is 30.3 Å². The molecule has 1 aliphatic rings. The topological polar surface area (TPSA) is 74.7 Å². The normalized spacial score (nSPS) is 16.6. The van der Waals surface area contributed by atoms with Crippen molar-refractivity contribution in [2.75, 3.05) is 10.8 Å². The number of anilines is 1. The van der Waals surface area contributed by atoms with E-state index < -0.39 is 16.0 Å². The molecule has 0 atom stereocenters. The van der Waals surface area contributed by atoms with Crippen LogP contribution in [0.5, 0.6) is 0 Å². The summed E-state index contributed by atoms with van der Waals surface area (Å²) in [6.07, 6.45) is 4.06. The molecule has 0 heterocycles. The molecule has 21 heavy (non-hydrogen) atoms. The van der Waals surface area contributed by atoms with Crippen LogP contribution in [-0.2, 0) is 14.8 Å². The van der Waals surface area contributed by atoms with Crippen molar-refractivity contribution in [3.63, 3.8) is 0 Å². The van der Waals surface area contributed by atoms with Crippen molar-refractivity contribution in [1.82, 2.24) is 0 Å². The first-order chi connectivity index (χ1) is 10.0. The van der Waals surface area contributed by atoms with E-state index in [0.717, 1.165) is 19.3 Å². The van der Waals surface area contributed by atoms with Crippen molar-refractivity contribution < 1.29 is 18.3 Å². The molecule has 0 aromatic heterocycles. The van der Waals surface area contributed by atoms with Gasteiger partial charge in [0.2, 0.25) is 10.0 Å². The fraction of sp³-hybridized carbons (Fsp3) is 0.533.